The van der Waals surface area contributed by atoms with E-state index in [1.807, 2.05) is 13.8 Å². The lowest BCUT2D eigenvalue weighted by atomic mass is 9.88. The molecule has 0 aromatic heterocycles. The third kappa shape index (κ3) is 19.2. The van der Waals surface area contributed by atoms with Crippen LogP contribution in [-0.2, 0) is 38.1 Å². The van der Waals surface area contributed by atoms with Crippen molar-refractivity contribution in [3.63, 3.8) is 0 Å². The molecule has 0 saturated carbocycles. The Kier molecular flexibility index (Phi) is 22.1. The van der Waals surface area contributed by atoms with Crippen LogP contribution >= 0.6 is 37.0 Å². The Labute approximate surface area is 224 Å². The number of hydrogen-bond donors (Lipinski definition) is 3. The van der Waals surface area contributed by atoms with Crippen molar-refractivity contribution in [2.24, 2.45) is 5.41 Å². The third-order valence-corrected chi connectivity index (χ3v) is 6.39. The van der Waals surface area contributed by atoms with Crippen molar-refractivity contribution in [2.75, 3.05) is 69.3 Å². The van der Waals surface area contributed by atoms with Crippen LogP contribution in [0.3, 0.4) is 0 Å². The Hall–Kier alpha value is -0.660. The van der Waals surface area contributed by atoms with Crippen molar-refractivity contribution in [3.8, 4) is 0 Å². The van der Waals surface area contributed by atoms with Crippen molar-refractivity contribution in [1.82, 2.24) is 0 Å². The maximum absolute atomic E-state index is 12.3. The van der Waals surface area contributed by atoms with E-state index in [4.69, 9.17) is 28.8 Å². The summed E-state index contributed by atoms with van der Waals surface area (Å²) in [5.74, 6) is 1.03. The lowest BCUT2D eigenvalue weighted by Crippen LogP contribution is -2.39. The molecule has 0 bridgehead atoms. The average Bonchev–Trinajstić information content (AvgIpc) is 2.84. The molecule has 0 aromatic rings. The molecule has 0 radical (unpaired) electrons. The lowest BCUT2D eigenvalue weighted by Gasteiger charge is -2.31. The number of thiol groups is 2. The van der Waals surface area contributed by atoms with Gasteiger partial charge in [0.25, 0.3) is 0 Å². The molecule has 0 saturated heterocycles. The fourth-order valence-electron chi connectivity index (χ4n) is 2.60. The van der Waals surface area contributed by atoms with Gasteiger partial charge in [-0.05, 0) is 25.5 Å². The zero-order valence-electron chi connectivity index (χ0n) is 20.9. The summed E-state index contributed by atoms with van der Waals surface area (Å²) in [7, 11) is 0. The Bertz CT molecular complexity index is 556. The summed E-state index contributed by atoms with van der Waals surface area (Å²) in [6.45, 7) is 5.08. The zero-order chi connectivity index (χ0) is 26.4. The van der Waals surface area contributed by atoms with Gasteiger partial charge in [0, 0.05) is 23.9 Å². The van der Waals surface area contributed by atoms with Gasteiger partial charge in [-0.3, -0.25) is 14.4 Å². The summed E-state index contributed by atoms with van der Waals surface area (Å²) in [6.07, 6.45) is 1.86. The summed E-state index contributed by atoms with van der Waals surface area (Å²) in [5, 5.41) is 8.71. The van der Waals surface area contributed by atoms with Gasteiger partial charge in [0.2, 0.25) is 0 Å². The third-order valence-electron chi connectivity index (χ3n) is 4.87. The van der Waals surface area contributed by atoms with E-state index in [0.29, 0.717) is 43.5 Å². The molecule has 0 heterocycles. The zero-order valence-corrected chi connectivity index (χ0v) is 23.5. The van der Waals surface area contributed by atoms with E-state index in [0.717, 1.165) is 12.2 Å². The SMILES string of the molecule is CCC(COC(=O)CCS)(COC(=O)CCS)COC(=O)CCSCCCOCC(C)OCCO. The van der Waals surface area contributed by atoms with Gasteiger partial charge < -0.3 is 28.8 Å². The van der Waals surface area contributed by atoms with Crippen molar-refractivity contribution in [2.45, 2.75) is 52.1 Å². The molecule has 0 aliphatic heterocycles. The van der Waals surface area contributed by atoms with E-state index in [-0.39, 0.29) is 57.8 Å². The maximum atomic E-state index is 12.3. The average molecular weight is 559 g/mol. The van der Waals surface area contributed by atoms with Gasteiger partial charge in [0.05, 0.1) is 50.6 Å². The summed E-state index contributed by atoms with van der Waals surface area (Å²) >= 11 is 9.68. The number of ether oxygens (including phenoxy) is 5. The first-order valence-corrected chi connectivity index (χ1v) is 14.3. The molecule has 0 amide bonds. The fraction of sp³-hybridized carbons (Fsp3) is 0.870. The molecule has 206 valence electrons. The Balaban J connectivity index is 4.33. The number of carbonyl (C=O) groups is 3. The predicted octanol–water partition coefficient (Wildman–Crippen LogP) is 2.58. The minimum absolute atomic E-state index is 0.00340. The number of aliphatic hydroxyl groups excluding tert-OH is 1. The van der Waals surface area contributed by atoms with Crippen LogP contribution in [0.4, 0.5) is 0 Å². The molecular weight excluding hydrogens is 516 g/mol. The van der Waals surface area contributed by atoms with Gasteiger partial charge in [-0.1, -0.05) is 6.92 Å². The smallest absolute Gasteiger partial charge is 0.306 e. The molecule has 1 N–H and O–H groups in total. The van der Waals surface area contributed by atoms with E-state index in [2.05, 4.69) is 25.3 Å². The molecule has 0 aliphatic rings. The van der Waals surface area contributed by atoms with Crippen LogP contribution in [0.15, 0.2) is 0 Å². The van der Waals surface area contributed by atoms with Crippen LogP contribution in [-0.4, -0.2) is 98.4 Å². The highest BCUT2D eigenvalue weighted by Gasteiger charge is 2.34. The van der Waals surface area contributed by atoms with Gasteiger partial charge in [-0.15, -0.1) is 0 Å². The highest BCUT2D eigenvalue weighted by atomic mass is 32.2. The van der Waals surface area contributed by atoms with E-state index in [1.54, 1.807) is 11.8 Å². The molecule has 1 atom stereocenters. The quantitative estimate of drug-likeness (QED) is 0.0748. The molecule has 0 rings (SSSR count). The first-order chi connectivity index (χ1) is 16.8. The standard InChI is InChI=1S/C23H42O9S3/c1-3-23(16-30-20(25)5-11-33,17-31-21(26)6-12-34)18-32-22(27)7-14-35-13-4-9-28-15-19(2)29-10-8-24/h19,24,33-34H,3-18H2,1-2H3. The number of hydrogen-bond acceptors (Lipinski definition) is 12. The fourth-order valence-corrected chi connectivity index (χ4v) is 3.81. The number of esters is 3. The number of aliphatic hydroxyl groups is 1. The number of carbonyl (C=O) groups excluding carboxylic acids is 3. The summed E-state index contributed by atoms with van der Waals surface area (Å²) < 4.78 is 26.9. The van der Waals surface area contributed by atoms with Crippen molar-refractivity contribution >= 4 is 54.9 Å². The maximum Gasteiger partial charge on any atom is 0.306 e. The van der Waals surface area contributed by atoms with E-state index in [1.165, 1.54) is 0 Å². The van der Waals surface area contributed by atoms with Crippen LogP contribution in [0, 0.1) is 5.41 Å². The molecule has 1 unspecified atom stereocenters. The Morgan fingerprint density at radius 3 is 1.91 bits per heavy atom. The second-order valence-electron chi connectivity index (χ2n) is 7.98. The monoisotopic (exact) mass is 558 g/mol. The minimum Gasteiger partial charge on any atom is -0.465 e. The minimum atomic E-state index is -0.809. The summed E-state index contributed by atoms with van der Waals surface area (Å²) in [6, 6.07) is 0. The Morgan fingerprint density at radius 1 is 0.886 bits per heavy atom. The molecule has 0 spiro atoms. The first-order valence-electron chi connectivity index (χ1n) is 11.9. The van der Waals surface area contributed by atoms with Crippen molar-refractivity contribution < 1.29 is 43.2 Å². The molecule has 12 heteroatoms. The van der Waals surface area contributed by atoms with Crippen molar-refractivity contribution in [3.05, 3.63) is 0 Å². The van der Waals surface area contributed by atoms with Crippen LogP contribution in [0.5, 0.6) is 0 Å². The number of thioether (sulfide) groups is 1. The van der Waals surface area contributed by atoms with Gasteiger partial charge in [-0.25, -0.2) is 0 Å². The summed E-state index contributed by atoms with van der Waals surface area (Å²) in [4.78, 5) is 35.9. The second-order valence-corrected chi connectivity index (χ2v) is 10.1. The summed E-state index contributed by atoms with van der Waals surface area (Å²) in [5.41, 5.74) is -0.809. The van der Waals surface area contributed by atoms with Gasteiger partial charge >= 0.3 is 17.9 Å². The molecule has 0 fully saturated rings. The van der Waals surface area contributed by atoms with Gasteiger partial charge in [0.15, 0.2) is 0 Å². The van der Waals surface area contributed by atoms with Gasteiger partial charge in [-0.2, -0.15) is 37.0 Å². The highest BCUT2D eigenvalue weighted by Crippen LogP contribution is 2.25. The highest BCUT2D eigenvalue weighted by molar-refractivity contribution is 7.99. The van der Waals surface area contributed by atoms with Crippen LogP contribution in [0.25, 0.3) is 0 Å². The molecule has 0 aliphatic carbocycles. The molecule has 9 nitrogen and oxygen atoms in total. The van der Waals surface area contributed by atoms with E-state index >= 15 is 0 Å². The van der Waals surface area contributed by atoms with E-state index in [9.17, 15) is 14.4 Å². The topological polar surface area (TPSA) is 118 Å². The second kappa shape index (κ2) is 22.5. The Morgan fingerprint density at radius 2 is 1.43 bits per heavy atom. The van der Waals surface area contributed by atoms with Crippen molar-refractivity contribution in [1.29, 1.82) is 0 Å². The van der Waals surface area contributed by atoms with Gasteiger partial charge in [0.1, 0.15) is 19.8 Å². The number of rotatable bonds is 23. The van der Waals surface area contributed by atoms with E-state index < -0.39 is 17.4 Å². The molecule has 35 heavy (non-hydrogen) atoms. The van der Waals surface area contributed by atoms with Crippen LogP contribution in [0.1, 0.15) is 46.0 Å². The predicted molar refractivity (Wildman–Crippen MR) is 142 cm³/mol. The molecular formula is C23H42O9S3. The first kappa shape index (κ1) is 34.3. The lowest BCUT2D eigenvalue weighted by molar-refractivity contribution is -0.161. The van der Waals surface area contributed by atoms with Crippen LogP contribution in [0.2, 0.25) is 0 Å². The normalized spacial score (nSPS) is 12.3. The van der Waals surface area contributed by atoms with Crippen LogP contribution < -0.4 is 0 Å². The molecule has 0 aromatic carbocycles. The largest absolute Gasteiger partial charge is 0.465 e.